The summed E-state index contributed by atoms with van der Waals surface area (Å²) < 4.78 is 1.90. The topological polar surface area (TPSA) is 43.8 Å². The number of nitrogens with zero attached hydrogens (tertiary/aromatic N) is 2. The first kappa shape index (κ1) is 11.2. The highest BCUT2D eigenvalue weighted by atomic mass is 35.5. The molecule has 0 radical (unpaired) electrons. The van der Waals surface area contributed by atoms with Crippen molar-refractivity contribution >= 4 is 11.6 Å². The van der Waals surface area contributed by atoms with Crippen molar-refractivity contribution in [3.63, 3.8) is 0 Å². The van der Waals surface area contributed by atoms with Crippen LogP contribution in [0.5, 0.6) is 0 Å². The lowest BCUT2D eigenvalue weighted by Crippen LogP contribution is -2.13. The van der Waals surface area contributed by atoms with Crippen LogP contribution in [-0.4, -0.2) is 9.55 Å². The normalized spacial score (nSPS) is 12.7. The third-order valence-electron chi connectivity index (χ3n) is 2.45. The van der Waals surface area contributed by atoms with Gasteiger partial charge in [-0.3, -0.25) is 0 Å². The molecule has 0 bridgehead atoms. The van der Waals surface area contributed by atoms with Crippen LogP contribution in [0, 0.1) is 0 Å². The maximum atomic E-state index is 6.07. The molecule has 0 fully saturated rings. The second-order valence-corrected chi connectivity index (χ2v) is 4.34. The molecule has 0 amide bonds. The number of imidazole rings is 1. The van der Waals surface area contributed by atoms with Crippen molar-refractivity contribution in [1.82, 2.24) is 9.55 Å². The van der Waals surface area contributed by atoms with Crippen molar-refractivity contribution in [1.29, 1.82) is 0 Å². The van der Waals surface area contributed by atoms with Gasteiger partial charge in [0.05, 0.1) is 18.1 Å². The van der Waals surface area contributed by atoms with E-state index in [0.29, 0.717) is 0 Å². The Bertz CT molecular complexity index is 479. The minimum absolute atomic E-state index is 0.0836. The molecule has 1 aromatic heterocycles. The lowest BCUT2D eigenvalue weighted by atomic mass is 10.0. The van der Waals surface area contributed by atoms with Crippen molar-refractivity contribution < 1.29 is 0 Å². The SMILES string of the molecule is Cn1cnc(C(N)Cc2cccc(Cl)c2)c1. The highest BCUT2D eigenvalue weighted by molar-refractivity contribution is 6.30. The van der Waals surface area contributed by atoms with Gasteiger partial charge >= 0.3 is 0 Å². The van der Waals surface area contributed by atoms with E-state index in [1.807, 2.05) is 42.1 Å². The number of aryl methyl sites for hydroxylation is 1. The van der Waals surface area contributed by atoms with Gasteiger partial charge in [-0.2, -0.15) is 0 Å². The molecule has 1 atom stereocenters. The predicted molar refractivity (Wildman–Crippen MR) is 65.3 cm³/mol. The fraction of sp³-hybridized carbons (Fsp3) is 0.250. The molecule has 0 aliphatic carbocycles. The van der Waals surface area contributed by atoms with Gasteiger partial charge < -0.3 is 10.3 Å². The zero-order valence-electron chi connectivity index (χ0n) is 9.10. The van der Waals surface area contributed by atoms with E-state index in [0.717, 1.165) is 22.7 Å². The van der Waals surface area contributed by atoms with Gasteiger partial charge in [0.1, 0.15) is 0 Å². The molecule has 0 aliphatic heterocycles. The Morgan fingerprint density at radius 1 is 1.50 bits per heavy atom. The zero-order valence-corrected chi connectivity index (χ0v) is 9.85. The first-order chi connectivity index (χ1) is 7.65. The summed E-state index contributed by atoms with van der Waals surface area (Å²) >= 11 is 5.92. The fourth-order valence-electron chi connectivity index (χ4n) is 1.65. The van der Waals surface area contributed by atoms with Crippen molar-refractivity contribution in [2.75, 3.05) is 0 Å². The van der Waals surface area contributed by atoms with Gasteiger partial charge in [0.2, 0.25) is 0 Å². The van der Waals surface area contributed by atoms with Crippen molar-refractivity contribution in [2.24, 2.45) is 12.8 Å². The summed E-state index contributed by atoms with van der Waals surface area (Å²) in [5, 5.41) is 0.741. The summed E-state index contributed by atoms with van der Waals surface area (Å²) in [6.07, 6.45) is 4.44. The van der Waals surface area contributed by atoms with Crippen molar-refractivity contribution in [3.8, 4) is 0 Å². The predicted octanol–water partition coefficient (Wildman–Crippen LogP) is 2.32. The van der Waals surface area contributed by atoms with Crippen LogP contribution in [0.3, 0.4) is 0 Å². The van der Waals surface area contributed by atoms with E-state index >= 15 is 0 Å². The average molecular weight is 236 g/mol. The van der Waals surface area contributed by atoms with Gasteiger partial charge in [0, 0.05) is 18.3 Å². The smallest absolute Gasteiger partial charge is 0.0947 e. The number of hydrogen-bond donors (Lipinski definition) is 1. The highest BCUT2D eigenvalue weighted by Crippen LogP contribution is 2.17. The molecule has 0 saturated heterocycles. The van der Waals surface area contributed by atoms with E-state index in [4.69, 9.17) is 17.3 Å². The van der Waals surface area contributed by atoms with Crippen molar-refractivity contribution in [3.05, 3.63) is 53.1 Å². The van der Waals surface area contributed by atoms with E-state index in [-0.39, 0.29) is 6.04 Å². The molecular formula is C12H14ClN3. The molecule has 2 N–H and O–H groups in total. The van der Waals surface area contributed by atoms with Crippen molar-refractivity contribution in [2.45, 2.75) is 12.5 Å². The number of benzene rings is 1. The fourth-order valence-corrected chi connectivity index (χ4v) is 1.86. The summed E-state index contributed by atoms with van der Waals surface area (Å²) in [7, 11) is 1.93. The Kier molecular flexibility index (Phi) is 3.27. The molecule has 2 rings (SSSR count). The monoisotopic (exact) mass is 235 g/mol. The molecule has 16 heavy (non-hydrogen) atoms. The lowest BCUT2D eigenvalue weighted by Gasteiger charge is -2.08. The Labute approximate surface area is 99.9 Å². The van der Waals surface area contributed by atoms with Crippen LogP contribution in [0.1, 0.15) is 17.3 Å². The maximum Gasteiger partial charge on any atom is 0.0947 e. The molecule has 84 valence electrons. The Morgan fingerprint density at radius 2 is 2.31 bits per heavy atom. The summed E-state index contributed by atoms with van der Waals surface area (Å²) in [6, 6.07) is 7.67. The summed E-state index contributed by atoms with van der Waals surface area (Å²) in [5.41, 5.74) is 8.11. The zero-order chi connectivity index (χ0) is 11.5. The molecule has 0 saturated carbocycles. The van der Waals surface area contributed by atoms with Crippen LogP contribution in [0.4, 0.5) is 0 Å². The van der Waals surface area contributed by atoms with Crippen LogP contribution in [0.2, 0.25) is 5.02 Å². The first-order valence-corrected chi connectivity index (χ1v) is 5.51. The summed E-state index contributed by atoms with van der Waals surface area (Å²) in [5.74, 6) is 0. The Balaban J connectivity index is 2.10. The van der Waals surface area contributed by atoms with Crippen LogP contribution in [-0.2, 0) is 13.5 Å². The molecule has 0 spiro atoms. The molecule has 0 aliphatic rings. The van der Waals surface area contributed by atoms with Gasteiger partial charge in [-0.25, -0.2) is 4.98 Å². The number of hydrogen-bond acceptors (Lipinski definition) is 2. The van der Waals surface area contributed by atoms with Crippen LogP contribution in [0.25, 0.3) is 0 Å². The van der Waals surface area contributed by atoms with Gasteiger partial charge in [0.25, 0.3) is 0 Å². The number of aromatic nitrogens is 2. The quantitative estimate of drug-likeness (QED) is 0.887. The van der Waals surface area contributed by atoms with E-state index in [1.165, 1.54) is 0 Å². The Hall–Kier alpha value is -1.32. The van der Waals surface area contributed by atoms with Crippen LogP contribution in [0.15, 0.2) is 36.8 Å². The Morgan fingerprint density at radius 3 is 2.94 bits per heavy atom. The molecule has 1 heterocycles. The standard InChI is InChI=1S/C12H14ClN3/c1-16-7-12(15-8-16)11(14)6-9-3-2-4-10(13)5-9/h2-5,7-8,11H,6,14H2,1H3. The van der Waals surface area contributed by atoms with Gasteiger partial charge in [-0.05, 0) is 24.1 Å². The van der Waals surface area contributed by atoms with Crippen LogP contribution < -0.4 is 5.73 Å². The minimum atomic E-state index is -0.0836. The van der Waals surface area contributed by atoms with Crippen LogP contribution >= 0.6 is 11.6 Å². The second kappa shape index (κ2) is 4.68. The molecular weight excluding hydrogens is 222 g/mol. The number of rotatable bonds is 3. The maximum absolute atomic E-state index is 6.07. The second-order valence-electron chi connectivity index (χ2n) is 3.90. The largest absolute Gasteiger partial charge is 0.340 e. The summed E-state index contributed by atoms with van der Waals surface area (Å²) in [4.78, 5) is 4.24. The third kappa shape index (κ3) is 2.62. The highest BCUT2D eigenvalue weighted by Gasteiger charge is 2.09. The van der Waals surface area contributed by atoms with Gasteiger partial charge in [-0.1, -0.05) is 23.7 Å². The van der Waals surface area contributed by atoms with E-state index in [9.17, 15) is 0 Å². The summed E-state index contributed by atoms with van der Waals surface area (Å²) in [6.45, 7) is 0. The third-order valence-corrected chi connectivity index (χ3v) is 2.68. The van der Waals surface area contributed by atoms with Gasteiger partial charge in [-0.15, -0.1) is 0 Å². The molecule has 3 nitrogen and oxygen atoms in total. The van der Waals surface area contributed by atoms with Gasteiger partial charge in [0.15, 0.2) is 0 Å². The average Bonchev–Trinajstić information content (AvgIpc) is 2.65. The molecule has 4 heteroatoms. The number of nitrogens with two attached hydrogens (primary N) is 1. The molecule has 1 aromatic carbocycles. The number of halogens is 1. The minimum Gasteiger partial charge on any atom is -0.340 e. The first-order valence-electron chi connectivity index (χ1n) is 5.13. The lowest BCUT2D eigenvalue weighted by molar-refractivity contribution is 0.700. The molecule has 1 unspecified atom stereocenters. The van der Waals surface area contributed by atoms with E-state index < -0.39 is 0 Å². The van der Waals surface area contributed by atoms with E-state index in [1.54, 1.807) is 6.33 Å². The molecule has 2 aromatic rings. The van der Waals surface area contributed by atoms with E-state index in [2.05, 4.69) is 4.98 Å².